The Bertz CT molecular complexity index is 727. The number of ether oxygens (including phenoxy) is 2. The lowest BCUT2D eigenvalue weighted by atomic mass is 10.1. The summed E-state index contributed by atoms with van der Waals surface area (Å²) < 4.78 is 36.5. The molecule has 0 N–H and O–H groups in total. The molecule has 0 spiro atoms. The minimum Gasteiger partial charge on any atom is -0.454 e. The maximum absolute atomic E-state index is 12.5. The van der Waals surface area contributed by atoms with Crippen molar-refractivity contribution in [1.29, 1.82) is 0 Å². The van der Waals surface area contributed by atoms with Crippen LogP contribution in [0.1, 0.15) is 30.1 Å². The molecule has 0 amide bonds. The largest absolute Gasteiger partial charge is 0.454 e. The number of carbonyl (C=O) groups excluding carboxylic acids is 1. The summed E-state index contributed by atoms with van der Waals surface area (Å²) in [6.45, 7) is 4.48. The number of piperazine rings is 1. The summed E-state index contributed by atoms with van der Waals surface area (Å²) in [5, 5.41) is 0. The van der Waals surface area contributed by atoms with Gasteiger partial charge in [-0.2, -0.15) is 4.31 Å². The Morgan fingerprint density at radius 2 is 1.84 bits per heavy atom. The summed E-state index contributed by atoms with van der Waals surface area (Å²) in [5.74, 6) is 1.46. The topological polar surface area (TPSA) is 76.2 Å². The van der Waals surface area contributed by atoms with Crippen LogP contribution in [0.5, 0.6) is 11.5 Å². The van der Waals surface area contributed by atoms with Gasteiger partial charge in [0, 0.05) is 31.7 Å². The van der Waals surface area contributed by atoms with E-state index < -0.39 is 10.0 Å². The quantitative estimate of drug-likeness (QED) is 0.676. The maximum atomic E-state index is 12.5. The van der Waals surface area contributed by atoms with Crippen molar-refractivity contribution in [3.05, 3.63) is 23.8 Å². The molecule has 1 aromatic carbocycles. The van der Waals surface area contributed by atoms with Crippen molar-refractivity contribution in [2.75, 3.05) is 45.3 Å². The lowest BCUT2D eigenvalue weighted by Crippen LogP contribution is -2.50. The summed E-state index contributed by atoms with van der Waals surface area (Å²) in [4.78, 5) is 14.5. The van der Waals surface area contributed by atoms with Gasteiger partial charge in [0.05, 0.1) is 12.3 Å². The fraction of sp³-hybridized carbons (Fsp3) is 0.588. The first-order chi connectivity index (χ1) is 12.0. The lowest BCUT2D eigenvalue weighted by Gasteiger charge is -2.33. The number of rotatable bonds is 7. The van der Waals surface area contributed by atoms with E-state index in [-0.39, 0.29) is 24.9 Å². The molecule has 2 heterocycles. The fourth-order valence-corrected chi connectivity index (χ4v) is 4.62. The molecular weight excluding hydrogens is 344 g/mol. The van der Waals surface area contributed by atoms with E-state index in [1.807, 2.05) is 11.8 Å². The second-order valence-electron chi connectivity index (χ2n) is 6.34. The van der Waals surface area contributed by atoms with Gasteiger partial charge in [-0.15, -0.1) is 0 Å². The van der Waals surface area contributed by atoms with E-state index in [0.29, 0.717) is 49.7 Å². The van der Waals surface area contributed by atoms with Crippen molar-refractivity contribution in [1.82, 2.24) is 9.21 Å². The highest BCUT2D eigenvalue weighted by molar-refractivity contribution is 7.89. The molecule has 0 aliphatic carbocycles. The molecule has 1 aromatic rings. The molecule has 1 saturated heterocycles. The van der Waals surface area contributed by atoms with Gasteiger partial charge in [0.15, 0.2) is 17.3 Å². The molecule has 8 heteroatoms. The van der Waals surface area contributed by atoms with Crippen LogP contribution in [0, 0.1) is 0 Å². The van der Waals surface area contributed by atoms with Crippen LogP contribution in [-0.2, 0) is 10.0 Å². The van der Waals surface area contributed by atoms with Gasteiger partial charge in [-0.1, -0.05) is 13.3 Å². The lowest BCUT2D eigenvalue weighted by molar-refractivity contribution is 0.0901. The Morgan fingerprint density at radius 1 is 1.12 bits per heavy atom. The van der Waals surface area contributed by atoms with Gasteiger partial charge in [0.25, 0.3) is 0 Å². The first-order valence-corrected chi connectivity index (χ1v) is 10.2. The van der Waals surface area contributed by atoms with E-state index in [4.69, 9.17) is 9.47 Å². The molecule has 3 rings (SSSR count). The number of nitrogens with zero attached hydrogens (tertiary/aromatic N) is 2. The van der Waals surface area contributed by atoms with E-state index in [9.17, 15) is 13.2 Å². The van der Waals surface area contributed by atoms with Crippen LogP contribution in [0.2, 0.25) is 0 Å². The molecule has 1 fully saturated rings. The van der Waals surface area contributed by atoms with Crippen LogP contribution in [0.15, 0.2) is 18.2 Å². The first-order valence-electron chi connectivity index (χ1n) is 8.62. The number of Topliss-reactive ketones (excluding diaryl/α,β-unsaturated/α-hetero) is 1. The molecule has 0 bridgehead atoms. The number of fused-ring (bicyclic) bond motifs is 1. The van der Waals surface area contributed by atoms with E-state index in [1.54, 1.807) is 22.5 Å². The van der Waals surface area contributed by atoms with Crippen molar-refractivity contribution in [3.63, 3.8) is 0 Å². The van der Waals surface area contributed by atoms with E-state index in [1.165, 1.54) is 0 Å². The molecule has 0 radical (unpaired) electrons. The standard InChI is InChI=1S/C17H24N2O5S/c1-2-3-10-25(21,22)19-8-6-18(7-9-19)12-15(20)14-4-5-16-17(11-14)24-13-23-16/h4-5,11H,2-3,6-10,12-13H2,1H3. The third-order valence-electron chi connectivity index (χ3n) is 4.54. The highest BCUT2D eigenvalue weighted by Gasteiger charge is 2.27. The molecule has 25 heavy (non-hydrogen) atoms. The normalized spacial score (nSPS) is 18.4. The van der Waals surface area contributed by atoms with Gasteiger partial charge in [0.2, 0.25) is 16.8 Å². The third-order valence-corrected chi connectivity index (χ3v) is 6.50. The zero-order valence-corrected chi connectivity index (χ0v) is 15.3. The Labute approximate surface area is 148 Å². The fourth-order valence-electron chi connectivity index (χ4n) is 2.99. The average Bonchev–Trinajstić information content (AvgIpc) is 3.08. The second-order valence-corrected chi connectivity index (χ2v) is 8.42. The molecule has 0 aromatic heterocycles. The van der Waals surface area contributed by atoms with Crippen molar-refractivity contribution in [3.8, 4) is 11.5 Å². The second kappa shape index (κ2) is 7.72. The number of ketones is 1. The predicted octanol–water partition coefficient (Wildman–Crippen LogP) is 1.35. The van der Waals surface area contributed by atoms with E-state index in [0.717, 1.165) is 6.42 Å². The van der Waals surface area contributed by atoms with Gasteiger partial charge in [0.1, 0.15) is 0 Å². The summed E-state index contributed by atoms with van der Waals surface area (Å²) in [7, 11) is -3.17. The van der Waals surface area contributed by atoms with Crippen LogP contribution in [0.25, 0.3) is 0 Å². The van der Waals surface area contributed by atoms with Crippen molar-refractivity contribution in [2.24, 2.45) is 0 Å². The van der Waals surface area contributed by atoms with Gasteiger partial charge in [-0.25, -0.2) is 8.42 Å². The molecule has 2 aliphatic rings. The number of carbonyl (C=O) groups is 1. The summed E-state index contributed by atoms with van der Waals surface area (Å²) in [6, 6.07) is 5.19. The zero-order chi connectivity index (χ0) is 17.9. The van der Waals surface area contributed by atoms with Crippen LogP contribution in [-0.4, -0.2) is 68.7 Å². The Balaban J connectivity index is 1.53. The summed E-state index contributed by atoms with van der Waals surface area (Å²) >= 11 is 0. The van der Waals surface area contributed by atoms with Gasteiger partial charge in [-0.3, -0.25) is 9.69 Å². The van der Waals surface area contributed by atoms with Gasteiger partial charge >= 0.3 is 0 Å². The van der Waals surface area contributed by atoms with E-state index >= 15 is 0 Å². The monoisotopic (exact) mass is 368 g/mol. The van der Waals surface area contributed by atoms with Gasteiger partial charge < -0.3 is 9.47 Å². The molecule has 138 valence electrons. The van der Waals surface area contributed by atoms with Crippen LogP contribution >= 0.6 is 0 Å². The predicted molar refractivity (Wildman–Crippen MR) is 93.6 cm³/mol. The minimum atomic E-state index is -3.17. The number of hydrogen-bond donors (Lipinski definition) is 0. The summed E-state index contributed by atoms with van der Waals surface area (Å²) in [6.07, 6.45) is 1.55. The molecular formula is C17H24N2O5S. The first kappa shape index (κ1) is 18.2. The van der Waals surface area contributed by atoms with Crippen LogP contribution in [0.4, 0.5) is 0 Å². The van der Waals surface area contributed by atoms with Crippen LogP contribution < -0.4 is 9.47 Å². The van der Waals surface area contributed by atoms with Crippen molar-refractivity contribution in [2.45, 2.75) is 19.8 Å². The molecule has 2 aliphatic heterocycles. The molecule has 7 nitrogen and oxygen atoms in total. The number of sulfonamides is 1. The highest BCUT2D eigenvalue weighted by atomic mass is 32.2. The van der Waals surface area contributed by atoms with Crippen LogP contribution in [0.3, 0.4) is 0 Å². The Kier molecular flexibility index (Phi) is 5.61. The zero-order valence-electron chi connectivity index (χ0n) is 14.4. The molecule has 0 saturated carbocycles. The van der Waals surface area contributed by atoms with Gasteiger partial charge in [-0.05, 0) is 24.6 Å². The number of benzene rings is 1. The molecule has 0 atom stereocenters. The number of hydrogen-bond acceptors (Lipinski definition) is 6. The minimum absolute atomic E-state index is 0.000546. The van der Waals surface area contributed by atoms with E-state index in [2.05, 4.69) is 0 Å². The summed E-state index contributed by atoms with van der Waals surface area (Å²) in [5.41, 5.74) is 0.585. The average molecular weight is 368 g/mol. The Hall–Kier alpha value is -1.64. The SMILES string of the molecule is CCCCS(=O)(=O)N1CCN(CC(=O)c2ccc3c(c2)OCO3)CC1. The third kappa shape index (κ3) is 4.31. The Morgan fingerprint density at radius 3 is 2.56 bits per heavy atom. The van der Waals surface area contributed by atoms with Crippen molar-refractivity contribution >= 4 is 15.8 Å². The van der Waals surface area contributed by atoms with Crippen molar-refractivity contribution < 1.29 is 22.7 Å². The highest BCUT2D eigenvalue weighted by Crippen LogP contribution is 2.32. The number of unbranched alkanes of at least 4 members (excludes halogenated alkanes) is 1. The smallest absolute Gasteiger partial charge is 0.231 e. The maximum Gasteiger partial charge on any atom is 0.231 e. The molecule has 0 unspecified atom stereocenters.